The average molecular weight is 258 g/mol. The van der Waals surface area contributed by atoms with Crippen LogP contribution < -0.4 is 0 Å². The number of halogens is 1. The maximum Gasteiger partial charge on any atom is 0.304 e. The van der Waals surface area contributed by atoms with Crippen molar-refractivity contribution in [2.24, 2.45) is 0 Å². The maximum absolute atomic E-state index is 14.0. The molecule has 0 aromatic heterocycles. The first-order valence-electron chi connectivity index (χ1n) is 5.91. The van der Waals surface area contributed by atoms with Gasteiger partial charge in [0.15, 0.2) is 0 Å². The van der Waals surface area contributed by atoms with Crippen molar-refractivity contribution < 1.29 is 19.4 Å². The van der Waals surface area contributed by atoms with Crippen LogP contribution in [0.15, 0.2) is 36.4 Å². The fourth-order valence-electron chi connectivity index (χ4n) is 2.74. The molecule has 2 aromatic rings. The zero-order valence-electron chi connectivity index (χ0n) is 9.93. The molecule has 19 heavy (non-hydrogen) atoms. The maximum atomic E-state index is 14.0. The molecule has 1 aliphatic carbocycles. The summed E-state index contributed by atoms with van der Waals surface area (Å²) in [5, 5.41) is 18.6. The predicted molar refractivity (Wildman–Crippen MR) is 67.6 cm³/mol. The molecule has 4 heteroatoms. The Balaban J connectivity index is 2.26. The molecule has 0 saturated heterocycles. The summed E-state index contributed by atoms with van der Waals surface area (Å²) < 4.78 is 14.0. The summed E-state index contributed by atoms with van der Waals surface area (Å²) in [6.45, 7) is 0. The number of aliphatic carboxylic acids is 1. The minimum Gasteiger partial charge on any atom is -0.508 e. The second-order valence-electron chi connectivity index (χ2n) is 4.63. The van der Waals surface area contributed by atoms with Crippen LogP contribution in [0, 0.1) is 5.82 Å². The topological polar surface area (TPSA) is 57.5 Å². The number of phenolic OH excluding ortho intramolecular Hbond substituents is 1. The monoisotopic (exact) mass is 258 g/mol. The van der Waals surface area contributed by atoms with E-state index in [1.165, 1.54) is 18.2 Å². The van der Waals surface area contributed by atoms with Crippen molar-refractivity contribution in [2.45, 2.75) is 12.3 Å². The highest BCUT2D eigenvalue weighted by molar-refractivity contribution is 5.82. The highest BCUT2D eigenvalue weighted by Gasteiger charge is 2.32. The number of rotatable bonds is 2. The molecule has 2 N–H and O–H groups in total. The summed E-state index contributed by atoms with van der Waals surface area (Å²) in [7, 11) is 0. The normalized spacial score (nSPS) is 15.9. The van der Waals surface area contributed by atoms with Crippen molar-refractivity contribution in [3.63, 3.8) is 0 Å². The molecule has 1 unspecified atom stereocenters. The van der Waals surface area contributed by atoms with Crippen LogP contribution in [0.5, 0.6) is 5.75 Å². The van der Waals surface area contributed by atoms with Crippen LogP contribution in [-0.2, 0) is 4.79 Å². The summed E-state index contributed by atoms with van der Waals surface area (Å²) >= 11 is 0. The van der Waals surface area contributed by atoms with Gasteiger partial charge in [0.05, 0.1) is 6.42 Å². The Morgan fingerprint density at radius 3 is 2.74 bits per heavy atom. The van der Waals surface area contributed by atoms with Crippen LogP contribution in [0.4, 0.5) is 4.39 Å². The van der Waals surface area contributed by atoms with Gasteiger partial charge >= 0.3 is 5.97 Å². The van der Waals surface area contributed by atoms with Gasteiger partial charge in [0.2, 0.25) is 0 Å². The third-order valence-electron chi connectivity index (χ3n) is 3.48. The number of phenols is 1. The van der Waals surface area contributed by atoms with Gasteiger partial charge in [-0.05, 0) is 34.9 Å². The van der Waals surface area contributed by atoms with E-state index in [2.05, 4.69) is 0 Å². The first-order chi connectivity index (χ1) is 9.08. The van der Waals surface area contributed by atoms with E-state index in [0.717, 1.165) is 0 Å². The predicted octanol–water partition coefficient (Wildman–Crippen LogP) is 3.12. The van der Waals surface area contributed by atoms with E-state index in [-0.39, 0.29) is 18.0 Å². The lowest BCUT2D eigenvalue weighted by molar-refractivity contribution is -0.137. The van der Waals surface area contributed by atoms with Gasteiger partial charge in [-0.2, -0.15) is 0 Å². The Hall–Kier alpha value is -2.36. The Labute approximate surface area is 108 Å². The first-order valence-corrected chi connectivity index (χ1v) is 5.91. The molecule has 0 saturated carbocycles. The van der Waals surface area contributed by atoms with Gasteiger partial charge in [-0.3, -0.25) is 4.79 Å². The first kappa shape index (κ1) is 11.7. The number of hydrogen-bond acceptors (Lipinski definition) is 2. The molecular weight excluding hydrogens is 247 g/mol. The smallest absolute Gasteiger partial charge is 0.304 e. The van der Waals surface area contributed by atoms with Crippen molar-refractivity contribution in [1.29, 1.82) is 0 Å². The van der Waals surface area contributed by atoms with E-state index in [4.69, 9.17) is 5.11 Å². The molecular formula is C15H11FO3. The van der Waals surface area contributed by atoms with E-state index in [1.54, 1.807) is 18.2 Å². The average Bonchev–Trinajstić information content (AvgIpc) is 2.64. The lowest BCUT2D eigenvalue weighted by atomic mass is 9.93. The number of benzene rings is 2. The fraction of sp³-hybridized carbons (Fsp3) is 0.133. The van der Waals surface area contributed by atoms with Gasteiger partial charge in [0, 0.05) is 11.5 Å². The number of carbonyl (C=O) groups is 1. The fourth-order valence-corrected chi connectivity index (χ4v) is 2.74. The number of aromatic hydroxyl groups is 1. The lowest BCUT2D eigenvalue weighted by Crippen LogP contribution is -2.05. The number of carboxylic acids is 1. The van der Waals surface area contributed by atoms with Gasteiger partial charge in [-0.15, -0.1) is 0 Å². The quantitative estimate of drug-likeness (QED) is 0.870. The molecule has 0 fully saturated rings. The van der Waals surface area contributed by atoms with Gasteiger partial charge in [-0.25, -0.2) is 4.39 Å². The second-order valence-corrected chi connectivity index (χ2v) is 4.63. The molecule has 0 bridgehead atoms. The van der Waals surface area contributed by atoms with Crippen LogP contribution in [0.25, 0.3) is 11.1 Å². The van der Waals surface area contributed by atoms with E-state index < -0.39 is 11.9 Å². The van der Waals surface area contributed by atoms with Crippen LogP contribution in [0.3, 0.4) is 0 Å². The van der Waals surface area contributed by atoms with Crippen LogP contribution in [-0.4, -0.2) is 16.2 Å². The highest BCUT2D eigenvalue weighted by Crippen LogP contribution is 2.48. The van der Waals surface area contributed by atoms with E-state index in [1.807, 2.05) is 0 Å². The molecule has 0 radical (unpaired) electrons. The van der Waals surface area contributed by atoms with E-state index >= 15 is 0 Å². The Bertz CT molecular complexity index is 679. The largest absolute Gasteiger partial charge is 0.508 e. The van der Waals surface area contributed by atoms with Gasteiger partial charge in [0.25, 0.3) is 0 Å². The van der Waals surface area contributed by atoms with Gasteiger partial charge in [0.1, 0.15) is 11.6 Å². The molecule has 2 aromatic carbocycles. The van der Waals surface area contributed by atoms with Gasteiger partial charge in [-0.1, -0.05) is 18.2 Å². The van der Waals surface area contributed by atoms with E-state index in [0.29, 0.717) is 22.3 Å². The summed E-state index contributed by atoms with van der Waals surface area (Å²) in [5.74, 6) is -1.67. The summed E-state index contributed by atoms with van der Waals surface area (Å²) in [4.78, 5) is 11.0. The Morgan fingerprint density at radius 2 is 2.00 bits per heavy atom. The highest BCUT2D eigenvalue weighted by atomic mass is 19.1. The molecule has 0 spiro atoms. The molecule has 3 nitrogen and oxygen atoms in total. The molecule has 1 atom stereocenters. The zero-order valence-corrected chi connectivity index (χ0v) is 9.93. The summed E-state index contributed by atoms with van der Waals surface area (Å²) in [6.07, 6.45) is -0.118. The minimum absolute atomic E-state index is 0.0577. The number of hydrogen-bond donors (Lipinski definition) is 2. The minimum atomic E-state index is -0.948. The van der Waals surface area contributed by atoms with Crippen molar-refractivity contribution in [3.05, 3.63) is 53.3 Å². The number of fused-ring (bicyclic) bond motifs is 3. The van der Waals surface area contributed by atoms with Crippen molar-refractivity contribution >= 4 is 5.97 Å². The van der Waals surface area contributed by atoms with Gasteiger partial charge < -0.3 is 10.2 Å². The van der Waals surface area contributed by atoms with E-state index in [9.17, 15) is 14.3 Å². The molecule has 96 valence electrons. The van der Waals surface area contributed by atoms with Crippen LogP contribution >= 0.6 is 0 Å². The third-order valence-corrected chi connectivity index (χ3v) is 3.48. The van der Waals surface area contributed by atoms with Crippen molar-refractivity contribution in [3.8, 4) is 16.9 Å². The molecule has 0 heterocycles. The Kier molecular flexibility index (Phi) is 2.52. The Morgan fingerprint density at radius 1 is 1.21 bits per heavy atom. The zero-order chi connectivity index (χ0) is 13.6. The van der Waals surface area contributed by atoms with Crippen molar-refractivity contribution in [2.75, 3.05) is 0 Å². The molecule has 3 rings (SSSR count). The molecule has 0 aliphatic heterocycles. The SMILES string of the molecule is O=C(O)CC1c2cc(O)ccc2-c2c(F)cccc21. The lowest BCUT2D eigenvalue weighted by Gasteiger charge is -2.10. The standard InChI is InChI=1S/C15H11FO3/c16-13-3-1-2-9-12(7-14(18)19)11-6-8(17)4-5-10(11)15(9)13/h1-6,12,17H,7H2,(H,18,19). The molecule has 1 aliphatic rings. The summed E-state index contributed by atoms with van der Waals surface area (Å²) in [5.41, 5.74) is 2.45. The summed E-state index contributed by atoms with van der Waals surface area (Å²) in [6, 6.07) is 9.31. The van der Waals surface area contributed by atoms with Crippen molar-refractivity contribution in [1.82, 2.24) is 0 Å². The second kappa shape index (κ2) is 4.09. The number of carboxylic acid groups (broad SMARTS) is 1. The van der Waals surface area contributed by atoms with Crippen LogP contribution in [0.2, 0.25) is 0 Å². The molecule has 0 amide bonds. The third kappa shape index (κ3) is 1.76. The van der Waals surface area contributed by atoms with Crippen LogP contribution in [0.1, 0.15) is 23.5 Å².